The molecular weight excluding hydrogens is 713 g/mol. The highest BCUT2D eigenvalue weighted by molar-refractivity contribution is 6.09. The maximum atomic E-state index is 2.49. The number of hydrogen-bond donors (Lipinski definition) is 0. The molecular formula is C57H44N2. The number of fused-ring (bicyclic) bond motifs is 6. The second kappa shape index (κ2) is 14.0. The van der Waals surface area contributed by atoms with E-state index in [1.165, 1.54) is 94.5 Å². The van der Waals surface area contributed by atoms with Crippen molar-refractivity contribution in [2.24, 2.45) is 0 Å². The van der Waals surface area contributed by atoms with Crippen LogP contribution in [0.4, 0.5) is 11.4 Å². The Balaban J connectivity index is 1.03. The van der Waals surface area contributed by atoms with Gasteiger partial charge in [-0.3, -0.25) is 0 Å². The maximum absolute atomic E-state index is 2.49. The summed E-state index contributed by atoms with van der Waals surface area (Å²) in [6.07, 6.45) is 6.70. The van der Waals surface area contributed by atoms with Crippen LogP contribution in [-0.4, -0.2) is 4.57 Å². The summed E-state index contributed by atoms with van der Waals surface area (Å²) in [6, 6.07) is 71.4. The van der Waals surface area contributed by atoms with E-state index in [2.05, 4.69) is 230 Å². The molecule has 2 nitrogen and oxygen atoms in total. The lowest BCUT2D eigenvalue weighted by atomic mass is 9.81. The Hall–Kier alpha value is -7.16. The highest BCUT2D eigenvalue weighted by atomic mass is 15.1. The number of anilines is 2. The molecule has 2 aliphatic carbocycles. The minimum atomic E-state index is -0.193. The Kier molecular flexibility index (Phi) is 8.34. The molecule has 0 bridgehead atoms. The molecule has 9 aromatic rings. The van der Waals surface area contributed by atoms with Crippen molar-refractivity contribution in [3.8, 4) is 39.1 Å². The van der Waals surface area contributed by atoms with Gasteiger partial charge in [0.25, 0.3) is 0 Å². The predicted molar refractivity (Wildman–Crippen MR) is 250 cm³/mol. The third-order valence-corrected chi connectivity index (χ3v) is 12.7. The topological polar surface area (TPSA) is 8.17 Å². The van der Waals surface area contributed by atoms with Crippen molar-refractivity contribution >= 4 is 38.8 Å². The molecule has 0 amide bonds. The number of hydrogen-bond acceptors (Lipinski definition) is 1. The first kappa shape index (κ1) is 35.0. The first-order chi connectivity index (χ1) is 29.0. The molecule has 0 saturated heterocycles. The lowest BCUT2D eigenvalue weighted by Gasteiger charge is -2.32. The summed E-state index contributed by atoms with van der Waals surface area (Å²) in [4.78, 5) is 2.49. The van der Waals surface area contributed by atoms with Gasteiger partial charge in [0.05, 0.1) is 11.0 Å². The second-order valence-corrected chi connectivity index (χ2v) is 16.4. The molecule has 0 saturated carbocycles. The standard InChI is InChI=1S/C57H44N2/c1-57(2)51-24-15-23-47(42-30-34-44(35-31-42)59-54-26-13-10-21-48(54)49-22-11-14-27-55(49)59)56(51)50-37-36-45(38-52(50)57)58(43-32-28-40(29-33-43)39-16-5-3-6-17-39)53-25-12-9-20-46(53)41-18-7-4-8-19-41/h3-8,10-19,21-38H,9,20H2,1-2H3. The average molecular weight is 757 g/mol. The summed E-state index contributed by atoms with van der Waals surface area (Å²) in [5.41, 5.74) is 19.9. The van der Waals surface area contributed by atoms with Gasteiger partial charge in [-0.05, 0) is 123 Å². The largest absolute Gasteiger partial charge is 0.310 e. The highest BCUT2D eigenvalue weighted by Gasteiger charge is 2.38. The molecule has 1 heterocycles. The van der Waals surface area contributed by atoms with Gasteiger partial charge in [0.2, 0.25) is 0 Å². The van der Waals surface area contributed by atoms with E-state index in [1.807, 2.05) is 0 Å². The van der Waals surface area contributed by atoms with Crippen molar-refractivity contribution in [1.29, 1.82) is 0 Å². The molecule has 0 fully saturated rings. The van der Waals surface area contributed by atoms with Crippen molar-refractivity contribution < 1.29 is 0 Å². The van der Waals surface area contributed by atoms with Crippen molar-refractivity contribution in [3.05, 3.63) is 229 Å². The van der Waals surface area contributed by atoms with E-state index in [0.29, 0.717) is 0 Å². The zero-order chi connectivity index (χ0) is 39.5. The molecule has 0 atom stereocenters. The van der Waals surface area contributed by atoms with Crippen LogP contribution < -0.4 is 4.90 Å². The molecule has 0 N–H and O–H groups in total. The maximum Gasteiger partial charge on any atom is 0.0541 e. The number of benzene rings is 8. The Morgan fingerprint density at radius 1 is 0.475 bits per heavy atom. The van der Waals surface area contributed by atoms with Crippen LogP contribution in [0, 0.1) is 0 Å². The Morgan fingerprint density at radius 2 is 1.07 bits per heavy atom. The summed E-state index contributed by atoms with van der Waals surface area (Å²) in [6.45, 7) is 4.79. The SMILES string of the molecule is CC1(C)c2cc(N(C3=C(c4ccccc4)CCC=C3)c3ccc(-c4ccccc4)cc3)ccc2-c2c(-c3ccc(-n4c5ccccc5c5ccccc54)cc3)cccc21. The van der Waals surface area contributed by atoms with E-state index in [1.54, 1.807) is 0 Å². The molecule has 0 unspecified atom stereocenters. The van der Waals surface area contributed by atoms with Gasteiger partial charge < -0.3 is 9.47 Å². The summed E-state index contributed by atoms with van der Waals surface area (Å²) >= 11 is 0. The molecule has 59 heavy (non-hydrogen) atoms. The Bertz CT molecular complexity index is 3040. The fourth-order valence-electron chi connectivity index (χ4n) is 9.80. The molecule has 0 aliphatic heterocycles. The Morgan fingerprint density at radius 3 is 1.76 bits per heavy atom. The fraction of sp³-hybridized carbons (Fsp3) is 0.0877. The summed E-state index contributed by atoms with van der Waals surface area (Å²) in [7, 11) is 0. The molecule has 8 aromatic carbocycles. The summed E-state index contributed by atoms with van der Waals surface area (Å²) in [5, 5.41) is 2.56. The molecule has 282 valence electrons. The van der Waals surface area contributed by atoms with Gasteiger partial charge in [-0.25, -0.2) is 0 Å². The number of nitrogens with zero attached hydrogens (tertiary/aromatic N) is 2. The molecule has 2 heteroatoms. The molecule has 2 aliphatic rings. The van der Waals surface area contributed by atoms with E-state index in [4.69, 9.17) is 0 Å². The number of para-hydroxylation sites is 2. The second-order valence-electron chi connectivity index (χ2n) is 16.4. The van der Waals surface area contributed by atoms with Crippen LogP contribution in [0.1, 0.15) is 43.4 Å². The van der Waals surface area contributed by atoms with Crippen molar-refractivity contribution in [2.75, 3.05) is 4.90 Å². The average Bonchev–Trinajstić information content (AvgIpc) is 3.76. The van der Waals surface area contributed by atoms with Gasteiger partial charge in [0.15, 0.2) is 0 Å². The monoisotopic (exact) mass is 756 g/mol. The third kappa shape index (κ3) is 5.78. The van der Waals surface area contributed by atoms with Crippen molar-refractivity contribution in [2.45, 2.75) is 32.1 Å². The smallest absolute Gasteiger partial charge is 0.0541 e. The Labute approximate surface area is 346 Å². The van der Waals surface area contributed by atoms with Gasteiger partial charge in [0, 0.05) is 38.9 Å². The van der Waals surface area contributed by atoms with Crippen LogP contribution in [0.3, 0.4) is 0 Å². The van der Waals surface area contributed by atoms with Crippen LogP contribution in [0.5, 0.6) is 0 Å². The van der Waals surface area contributed by atoms with Crippen LogP contribution in [-0.2, 0) is 5.41 Å². The van der Waals surface area contributed by atoms with E-state index < -0.39 is 0 Å². The van der Waals surface area contributed by atoms with Crippen LogP contribution in [0.25, 0.3) is 66.4 Å². The third-order valence-electron chi connectivity index (χ3n) is 12.7. The van der Waals surface area contributed by atoms with Crippen molar-refractivity contribution in [3.63, 3.8) is 0 Å². The number of rotatable bonds is 7. The van der Waals surface area contributed by atoms with Gasteiger partial charge >= 0.3 is 0 Å². The van der Waals surface area contributed by atoms with Crippen LogP contribution in [0.2, 0.25) is 0 Å². The van der Waals surface area contributed by atoms with Crippen LogP contribution in [0.15, 0.2) is 212 Å². The fourth-order valence-corrected chi connectivity index (χ4v) is 9.80. The minimum absolute atomic E-state index is 0.193. The number of allylic oxidation sites excluding steroid dienone is 3. The lowest BCUT2D eigenvalue weighted by Crippen LogP contribution is -2.20. The lowest BCUT2D eigenvalue weighted by molar-refractivity contribution is 0.660. The first-order valence-electron chi connectivity index (χ1n) is 20.8. The molecule has 0 radical (unpaired) electrons. The normalized spacial score (nSPS) is 14.1. The number of aromatic nitrogens is 1. The first-order valence-corrected chi connectivity index (χ1v) is 20.8. The van der Waals surface area contributed by atoms with Gasteiger partial charge in [-0.1, -0.05) is 166 Å². The zero-order valence-electron chi connectivity index (χ0n) is 33.4. The zero-order valence-corrected chi connectivity index (χ0v) is 33.4. The molecule has 11 rings (SSSR count). The van der Waals surface area contributed by atoms with Gasteiger partial charge in [-0.2, -0.15) is 0 Å². The molecule has 0 spiro atoms. The van der Waals surface area contributed by atoms with Crippen molar-refractivity contribution in [1.82, 2.24) is 4.57 Å². The predicted octanol–water partition coefficient (Wildman–Crippen LogP) is 15.3. The van der Waals surface area contributed by atoms with Crippen LogP contribution >= 0.6 is 0 Å². The van der Waals surface area contributed by atoms with Gasteiger partial charge in [-0.15, -0.1) is 0 Å². The molecule has 1 aromatic heterocycles. The van der Waals surface area contributed by atoms with Gasteiger partial charge in [0.1, 0.15) is 0 Å². The summed E-state index contributed by atoms with van der Waals surface area (Å²) in [5.74, 6) is 0. The quantitative estimate of drug-likeness (QED) is 0.157. The van der Waals surface area contributed by atoms with E-state index in [9.17, 15) is 0 Å². The van der Waals surface area contributed by atoms with E-state index in [0.717, 1.165) is 18.5 Å². The highest BCUT2D eigenvalue weighted by Crippen LogP contribution is 2.54. The summed E-state index contributed by atoms with van der Waals surface area (Å²) < 4.78 is 2.39. The van der Waals surface area contributed by atoms with E-state index in [-0.39, 0.29) is 5.41 Å². The minimum Gasteiger partial charge on any atom is -0.310 e. The van der Waals surface area contributed by atoms with E-state index >= 15 is 0 Å².